The molecular weight excluding hydrogens is 410 g/mol. The van der Waals surface area contributed by atoms with Gasteiger partial charge in [0.25, 0.3) is 5.56 Å². The Balaban J connectivity index is 1.75. The fourth-order valence-corrected chi connectivity index (χ4v) is 5.34. The van der Waals surface area contributed by atoms with Gasteiger partial charge >= 0.3 is 5.97 Å². The van der Waals surface area contributed by atoms with Gasteiger partial charge in [-0.1, -0.05) is 17.7 Å². The van der Waals surface area contributed by atoms with Gasteiger partial charge in [-0.25, -0.2) is 14.5 Å². The van der Waals surface area contributed by atoms with Gasteiger partial charge in [-0.15, -0.1) is 11.3 Å². The molecule has 0 saturated heterocycles. The first kappa shape index (κ1) is 21.3. The van der Waals surface area contributed by atoms with Crippen LogP contribution in [-0.2, 0) is 17.6 Å². The molecule has 0 fully saturated rings. The molecule has 0 radical (unpaired) electrons. The second-order valence-corrected chi connectivity index (χ2v) is 9.03. The first-order valence-corrected chi connectivity index (χ1v) is 11.5. The maximum atomic E-state index is 13.1. The maximum absolute atomic E-state index is 13.1. The number of ether oxygens (including phenoxy) is 1. The molecule has 1 aliphatic rings. The van der Waals surface area contributed by atoms with Crippen LogP contribution in [0.2, 0.25) is 0 Å². The second-order valence-electron chi connectivity index (χ2n) is 7.95. The number of aromatic nitrogens is 2. The first-order chi connectivity index (χ1) is 14.9. The minimum atomic E-state index is -0.326. The predicted octanol–water partition coefficient (Wildman–Crippen LogP) is 4.96. The maximum Gasteiger partial charge on any atom is 0.341 e. The largest absolute Gasteiger partial charge is 0.462 e. The Hall–Kier alpha value is -2.93. The number of carbonyl (C=O) groups is 1. The third-order valence-corrected chi connectivity index (χ3v) is 6.85. The van der Waals surface area contributed by atoms with Crippen molar-refractivity contribution in [3.63, 3.8) is 0 Å². The number of rotatable bonds is 5. The highest BCUT2D eigenvalue weighted by Crippen LogP contribution is 2.40. The quantitative estimate of drug-likeness (QED) is 0.453. The van der Waals surface area contributed by atoms with Crippen molar-refractivity contribution < 1.29 is 9.53 Å². The monoisotopic (exact) mass is 437 g/mol. The average Bonchev–Trinajstić information content (AvgIpc) is 3.23. The van der Waals surface area contributed by atoms with Crippen molar-refractivity contribution in [2.75, 3.05) is 6.61 Å². The van der Waals surface area contributed by atoms with Crippen molar-refractivity contribution >= 4 is 28.5 Å². The lowest BCUT2D eigenvalue weighted by Gasteiger charge is -2.11. The molecular formula is C24H27N3O3S. The number of esters is 1. The van der Waals surface area contributed by atoms with E-state index in [0.29, 0.717) is 22.7 Å². The number of thiophene rings is 1. The van der Waals surface area contributed by atoms with Crippen LogP contribution in [-0.4, -0.2) is 28.6 Å². The van der Waals surface area contributed by atoms with E-state index in [1.54, 1.807) is 17.8 Å². The Kier molecular flexibility index (Phi) is 5.96. The molecule has 7 heteroatoms. The molecule has 31 heavy (non-hydrogen) atoms. The fourth-order valence-electron chi connectivity index (χ4n) is 4.12. The second kappa shape index (κ2) is 8.67. The Morgan fingerprint density at radius 3 is 2.77 bits per heavy atom. The van der Waals surface area contributed by atoms with Crippen LogP contribution in [0.4, 0.5) is 5.00 Å². The number of aryl methyl sites for hydroxylation is 4. The number of hydrogen-bond acceptors (Lipinski definition) is 5. The van der Waals surface area contributed by atoms with Crippen molar-refractivity contribution in [2.24, 2.45) is 4.99 Å². The summed E-state index contributed by atoms with van der Waals surface area (Å²) >= 11 is 1.54. The molecule has 0 atom stereocenters. The van der Waals surface area contributed by atoms with Gasteiger partial charge in [-0.05, 0) is 70.6 Å². The Morgan fingerprint density at radius 1 is 1.26 bits per heavy atom. The highest BCUT2D eigenvalue weighted by molar-refractivity contribution is 7.16. The first-order valence-electron chi connectivity index (χ1n) is 10.7. The highest BCUT2D eigenvalue weighted by atomic mass is 32.1. The van der Waals surface area contributed by atoms with E-state index in [9.17, 15) is 9.59 Å². The molecule has 1 N–H and O–H groups in total. The summed E-state index contributed by atoms with van der Waals surface area (Å²) in [6, 6.07) is 5.98. The number of aliphatic imine (C=N–C) groups is 1. The zero-order valence-corrected chi connectivity index (χ0v) is 19.2. The van der Waals surface area contributed by atoms with E-state index in [1.165, 1.54) is 16.2 Å². The number of benzene rings is 1. The summed E-state index contributed by atoms with van der Waals surface area (Å²) in [5.41, 5.74) is 5.68. The lowest BCUT2D eigenvalue weighted by atomic mass is 9.95. The summed E-state index contributed by atoms with van der Waals surface area (Å²) < 4.78 is 6.85. The Labute approximate surface area is 185 Å². The molecule has 0 bridgehead atoms. The van der Waals surface area contributed by atoms with E-state index in [0.717, 1.165) is 53.8 Å². The number of aromatic amines is 1. The Bertz CT molecular complexity index is 1230. The predicted molar refractivity (Wildman–Crippen MR) is 125 cm³/mol. The van der Waals surface area contributed by atoms with Crippen LogP contribution in [0.3, 0.4) is 0 Å². The molecule has 0 amide bonds. The Morgan fingerprint density at radius 2 is 2.03 bits per heavy atom. The van der Waals surface area contributed by atoms with Crippen molar-refractivity contribution in [1.29, 1.82) is 0 Å². The van der Waals surface area contributed by atoms with E-state index in [4.69, 9.17) is 4.74 Å². The third kappa shape index (κ3) is 4.02. The number of carbonyl (C=O) groups excluding carboxylic acids is 1. The van der Waals surface area contributed by atoms with Crippen LogP contribution in [0.5, 0.6) is 0 Å². The molecule has 2 heterocycles. The standard InChI is InChI=1S/C24H27N3O3S/c1-5-30-24(29)21-17-8-6-7-9-20(17)31-22(21)25-13-18-16(4)26-27(23(18)28)19-11-10-14(2)12-15(19)3/h10-13,26H,5-9H2,1-4H3. The number of fused-ring (bicyclic) bond motifs is 1. The minimum Gasteiger partial charge on any atom is -0.462 e. The summed E-state index contributed by atoms with van der Waals surface area (Å²) in [7, 11) is 0. The van der Waals surface area contributed by atoms with E-state index in [2.05, 4.69) is 10.1 Å². The molecule has 0 saturated carbocycles. The summed E-state index contributed by atoms with van der Waals surface area (Å²) in [5.74, 6) is -0.326. The van der Waals surface area contributed by atoms with Crippen LogP contribution in [0.25, 0.3) is 5.69 Å². The topological polar surface area (TPSA) is 76.4 Å². The molecule has 0 aliphatic heterocycles. The van der Waals surface area contributed by atoms with Crippen LogP contribution < -0.4 is 5.56 Å². The van der Waals surface area contributed by atoms with Crippen molar-refractivity contribution in [3.05, 3.63) is 66.9 Å². The number of H-pyrrole nitrogens is 1. The van der Waals surface area contributed by atoms with Gasteiger partial charge < -0.3 is 4.74 Å². The van der Waals surface area contributed by atoms with E-state index in [-0.39, 0.29) is 11.5 Å². The van der Waals surface area contributed by atoms with E-state index < -0.39 is 0 Å². The van der Waals surface area contributed by atoms with Gasteiger partial charge in [-0.3, -0.25) is 9.89 Å². The summed E-state index contributed by atoms with van der Waals surface area (Å²) in [6.07, 6.45) is 5.60. The number of nitrogens with one attached hydrogen (secondary N) is 1. The molecule has 1 aliphatic carbocycles. The van der Waals surface area contributed by atoms with Crippen LogP contribution >= 0.6 is 11.3 Å². The van der Waals surface area contributed by atoms with Crippen LogP contribution in [0.1, 0.15) is 62.9 Å². The van der Waals surface area contributed by atoms with Gasteiger partial charge in [-0.2, -0.15) is 0 Å². The summed E-state index contributed by atoms with van der Waals surface area (Å²) in [4.78, 5) is 31.6. The smallest absolute Gasteiger partial charge is 0.341 e. The van der Waals surface area contributed by atoms with E-state index in [1.807, 2.05) is 39.0 Å². The lowest BCUT2D eigenvalue weighted by molar-refractivity contribution is 0.0526. The average molecular weight is 438 g/mol. The molecule has 2 aromatic heterocycles. The van der Waals surface area contributed by atoms with E-state index >= 15 is 0 Å². The van der Waals surface area contributed by atoms with Gasteiger partial charge in [0.2, 0.25) is 0 Å². The number of hydrogen-bond donors (Lipinski definition) is 1. The molecule has 3 aromatic rings. The molecule has 0 spiro atoms. The minimum absolute atomic E-state index is 0.160. The highest BCUT2D eigenvalue weighted by Gasteiger charge is 2.26. The van der Waals surface area contributed by atoms with Crippen molar-refractivity contribution in [1.82, 2.24) is 9.78 Å². The normalized spacial score (nSPS) is 13.5. The fraction of sp³-hybridized carbons (Fsp3) is 0.375. The van der Waals surface area contributed by atoms with Gasteiger partial charge in [0.15, 0.2) is 0 Å². The summed E-state index contributed by atoms with van der Waals surface area (Å²) in [6.45, 7) is 8.00. The van der Waals surface area contributed by atoms with Crippen molar-refractivity contribution in [3.8, 4) is 5.69 Å². The van der Waals surface area contributed by atoms with Gasteiger partial charge in [0, 0.05) is 16.8 Å². The van der Waals surface area contributed by atoms with Crippen molar-refractivity contribution in [2.45, 2.75) is 53.4 Å². The number of nitrogens with zero attached hydrogens (tertiary/aromatic N) is 2. The molecule has 1 aromatic carbocycles. The van der Waals surface area contributed by atoms with Gasteiger partial charge in [0.05, 0.1) is 23.4 Å². The molecule has 6 nitrogen and oxygen atoms in total. The molecule has 0 unspecified atom stereocenters. The third-order valence-electron chi connectivity index (χ3n) is 5.65. The van der Waals surface area contributed by atoms with Gasteiger partial charge in [0.1, 0.15) is 5.00 Å². The van der Waals surface area contributed by atoms with Crippen LogP contribution in [0, 0.1) is 20.8 Å². The lowest BCUT2D eigenvalue weighted by Crippen LogP contribution is -2.18. The van der Waals surface area contributed by atoms with Crippen LogP contribution in [0.15, 0.2) is 28.0 Å². The zero-order chi connectivity index (χ0) is 22.1. The SMILES string of the molecule is CCOC(=O)c1c(N=Cc2c(C)[nH]n(-c3ccc(C)cc3C)c2=O)sc2c1CCCC2. The summed E-state index contributed by atoms with van der Waals surface area (Å²) in [5, 5.41) is 3.79. The zero-order valence-electron chi connectivity index (χ0n) is 18.4. The molecule has 4 rings (SSSR count). The molecule has 162 valence electrons.